The second-order valence-corrected chi connectivity index (χ2v) is 9.88. The SMILES string of the molecule is Cc1ccc(S(=O)(=O)N[C@@H](c2ccco2)[C@@](CO)(CC(C)C)c2ccccc2)cc1. The highest BCUT2D eigenvalue weighted by Crippen LogP contribution is 2.43. The van der Waals surface area contributed by atoms with Crippen LogP contribution < -0.4 is 4.72 Å². The Kier molecular flexibility index (Phi) is 6.81. The fourth-order valence-electron chi connectivity index (χ4n) is 3.99. The lowest BCUT2D eigenvalue weighted by atomic mass is 9.69. The van der Waals surface area contributed by atoms with Crippen LogP contribution in [0, 0.1) is 12.8 Å². The number of benzene rings is 2. The van der Waals surface area contributed by atoms with Gasteiger partial charge in [-0.1, -0.05) is 61.9 Å². The first-order valence-electron chi connectivity index (χ1n) is 10.1. The van der Waals surface area contributed by atoms with Crippen molar-refractivity contribution in [2.45, 2.75) is 43.5 Å². The Bertz CT molecular complexity index is 1030. The highest BCUT2D eigenvalue weighted by atomic mass is 32.2. The molecule has 1 heterocycles. The molecule has 30 heavy (non-hydrogen) atoms. The molecule has 0 aliphatic rings. The first-order valence-corrected chi connectivity index (χ1v) is 11.6. The van der Waals surface area contributed by atoms with E-state index in [4.69, 9.17) is 4.42 Å². The van der Waals surface area contributed by atoms with Crippen LogP contribution in [0.25, 0.3) is 0 Å². The number of aliphatic hydroxyl groups is 1. The van der Waals surface area contributed by atoms with Crippen LogP contribution in [0.15, 0.2) is 82.3 Å². The average Bonchev–Trinajstić information content (AvgIpc) is 3.26. The van der Waals surface area contributed by atoms with Crippen LogP contribution in [0.2, 0.25) is 0 Å². The van der Waals surface area contributed by atoms with Gasteiger partial charge in [0.25, 0.3) is 0 Å². The molecule has 5 nitrogen and oxygen atoms in total. The second-order valence-electron chi connectivity index (χ2n) is 8.16. The van der Waals surface area contributed by atoms with Crippen molar-refractivity contribution in [3.8, 4) is 0 Å². The maximum atomic E-state index is 13.3. The van der Waals surface area contributed by atoms with Crippen LogP contribution >= 0.6 is 0 Å². The zero-order valence-corrected chi connectivity index (χ0v) is 18.4. The van der Waals surface area contributed by atoms with Crippen molar-refractivity contribution in [1.82, 2.24) is 4.72 Å². The third-order valence-electron chi connectivity index (χ3n) is 5.39. The Morgan fingerprint density at radius 2 is 1.67 bits per heavy atom. The van der Waals surface area contributed by atoms with Crippen molar-refractivity contribution in [1.29, 1.82) is 0 Å². The van der Waals surface area contributed by atoms with E-state index in [-0.39, 0.29) is 17.4 Å². The summed E-state index contributed by atoms with van der Waals surface area (Å²) in [5.74, 6) is 0.669. The third-order valence-corrected chi connectivity index (χ3v) is 6.83. The monoisotopic (exact) mass is 427 g/mol. The molecule has 3 rings (SSSR count). The van der Waals surface area contributed by atoms with Crippen molar-refractivity contribution in [3.05, 3.63) is 89.9 Å². The summed E-state index contributed by atoms with van der Waals surface area (Å²) in [6, 6.07) is 18.9. The molecule has 0 bridgehead atoms. The molecule has 2 N–H and O–H groups in total. The number of nitrogens with one attached hydrogen (secondary N) is 1. The highest BCUT2D eigenvalue weighted by Gasteiger charge is 2.45. The van der Waals surface area contributed by atoms with E-state index < -0.39 is 21.5 Å². The maximum absolute atomic E-state index is 13.3. The molecule has 2 aromatic carbocycles. The summed E-state index contributed by atoms with van der Waals surface area (Å²) < 4.78 is 35.1. The second kappa shape index (κ2) is 9.16. The van der Waals surface area contributed by atoms with Gasteiger partial charge in [-0.05, 0) is 49.1 Å². The molecule has 0 radical (unpaired) electrons. The summed E-state index contributed by atoms with van der Waals surface area (Å²) in [4.78, 5) is 0.175. The normalized spacial score (nSPS) is 15.1. The molecule has 0 fully saturated rings. The minimum absolute atomic E-state index is 0.175. The fraction of sp³-hybridized carbons (Fsp3) is 0.333. The average molecular weight is 428 g/mol. The van der Waals surface area contributed by atoms with Crippen molar-refractivity contribution in [2.24, 2.45) is 5.92 Å². The van der Waals surface area contributed by atoms with Gasteiger partial charge in [0.2, 0.25) is 10.0 Å². The van der Waals surface area contributed by atoms with Crippen LogP contribution in [0.5, 0.6) is 0 Å². The molecule has 0 saturated carbocycles. The van der Waals surface area contributed by atoms with Gasteiger partial charge in [0, 0.05) is 5.41 Å². The number of hydrogen-bond donors (Lipinski definition) is 2. The van der Waals surface area contributed by atoms with E-state index in [1.807, 2.05) is 37.3 Å². The molecule has 2 atom stereocenters. The summed E-state index contributed by atoms with van der Waals surface area (Å²) in [7, 11) is -3.86. The predicted octanol–water partition coefficient (Wildman–Crippen LogP) is 4.58. The smallest absolute Gasteiger partial charge is 0.241 e. The lowest BCUT2D eigenvalue weighted by Crippen LogP contribution is -2.47. The Morgan fingerprint density at radius 1 is 1.00 bits per heavy atom. The topological polar surface area (TPSA) is 79.5 Å². The Hall–Kier alpha value is -2.41. The summed E-state index contributed by atoms with van der Waals surface area (Å²) in [5, 5.41) is 10.7. The number of aryl methyl sites for hydroxylation is 1. The molecule has 0 aliphatic carbocycles. The van der Waals surface area contributed by atoms with E-state index in [1.165, 1.54) is 6.26 Å². The van der Waals surface area contributed by atoms with Gasteiger partial charge in [0.1, 0.15) is 5.76 Å². The quantitative estimate of drug-likeness (QED) is 0.524. The Balaban J connectivity index is 2.14. The molecular weight excluding hydrogens is 398 g/mol. The third kappa shape index (κ3) is 4.67. The zero-order valence-electron chi connectivity index (χ0n) is 17.6. The van der Waals surface area contributed by atoms with Gasteiger partial charge in [-0.3, -0.25) is 0 Å². The number of rotatable bonds is 9. The minimum atomic E-state index is -3.86. The van der Waals surface area contributed by atoms with Gasteiger partial charge >= 0.3 is 0 Å². The maximum Gasteiger partial charge on any atom is 0.241 e. The lowest BCUT2D eigenvalue weighted by molar-refractivity contribution is 0.128. The predicted molar refractivity (Wildman–Crippen MR) is 118 cm³/mol. The van der Waals surface area contributed by atoms with E-state index >= 15 is 0 Å². The van der Waals surface area contributed by atoms with Gasteiger partial charge < -0.3 is 9.52 Å². The van der Waals surface area contributed by atoms with E-state index in [0.717, 1.165) is 11.1 Å². The summed E-state index contributed by atoms with van der Waals surface area (Å²) >= 11 is 0. The molecule has 0 saturated heterocycles. The number of furan rings is 1. The van der Waals surface area contributed by atoms with Crippen LogP contribution in [0.1, 0.15) is 43.2 Å². The molecule has 6 heteroatoms. The van der Waals surface area contributed by atoms with E-state index in [1.54, 1.807) is 36.4 Å². The zero-order chi connectivity index (χ0) is 21.8. The molecule has 3 aromatic rings. The fourth-order valence-corrected chi connectivity index (χ4v) is 5.27. The number of sulfonamides is 1. The van der Waals surface area contributed by atoms with Crippen molar-refractivity contribution in [3.63, 3.8) is 0 Å². The van der Waals surface area contributed by atoms with Crippen molar-refractivity contribution < 1.29 is 17.9 Å². The van der Waals surface area contributed by atoms with Gasteiger partial charge in [0.15, 0.2) is 0 Å². The minimum Gasteiger partial charge on any atom is -0.468 e. The van der Waals surface area contributed by atoms with Crippen LogP contribution in [0.4, 0.5) is 0 Å². The molecule has 0 spiro atoms. The van der Waals surface area contributed by atoms with Crippen LogP contribution in [-0.4, -0.2) is 20.1 Å². The van der Waals surface area contributed by atoms with Crippen LogP contribution in [0.3, 0.4) is 0 Å². The molecule has 0 unspecified atom stereocenters. The summed E-state index contributed by atoms with van der Waals surface area (Å²) in [6.07, 6.45) is 2.08. The van der Waals surface area contributed by atoms with E-state index in [9.17, 15) is 13.5 Å². The summed E-state index contributed by atoms with van der Waals surface area (Å²) in [6.45, 7) is 5.78. The lowest BCUT2D eigenvalue weighted by Gasteiger charge is -2.40. The van der Waals surface area contributed by atoms with E-state index in [0.29, 0.717) is 12.2 Å². The molecular formula is C24H29NO4S. The van der Waals surface area contributed by atoms with Crippen molar-refractivity contribution >= 4 is 10.0 Å². The molecule has 1 aromatic heterocycles. The number of aliphatic hydroxyl groups excluding tert-OH is 1. The van der Waals surface area contributed by atoms with E-state index in [2.05, 4.69) is 18.6 Å². The molecule has 0 aliphatic heterocycles. The molecule has 0 amide bonds. The molecule has 160 valence electrons. The van der Waals surface area contributed by atoms with Crippen molar-refractivity contribution in [2.75, 3.05) is 6.61 Å². The van der Waals surface area contributed by atoms with Gasteiger partial charge in [0.05, 0.1) is 23.8 Å². The number of hydrogen-bond acceptors (Lipinski definition) is 4. The highest BCUT2D eigenvalue weighted by molar-refractivity contribution is 7.89. The van der Waals surface area contributed by atoms with Gasteiger partial charge in [-0.2, -0.15) is 4.72 Å². The standard InChI is InChI=1S/C24H29NO4S/c1-18(2)16-24(17-26,20-8-5-4-6-9-20)23(22-10-7-15-29-22)25-30(27,28)21-13-11-19(3)12-14-21/h4-15,18,23,25-26H,16-17H2,1-3H3/t23-,24+/m0/s1. The van der Waals surface area contributed by atoms with Gasteiger partial charge in [-0.25, -0.2) is 8.42 Å². The van der Waals surface area contributed by atoms with Crippen LogP contribution in [-0.2, 0) is 15.4 Å². The largest absolute Gasteiger partial charge is 0.468 e. The van der Waals surface area contributed by atoms with Gasteiger partial charge in [-0.15, -0.1) is 0 Å². The Labute approximate surface area is 178 Å². The first kappa shape index (κ1) is 22.3. The first-order chi connectivity index (χ1) is 14.3. The Morgan fingerprint density at radius 3 is 2.20 bits per heavy atom. The summed E-state index contributed by atoms with van der Waals surface area (Å²) in [5.41, 5.74) is 0.935.